The molecule has 1 heterocycles. The third kappa shape index (κ3) is 6.60. The molecule has 0 saturated heterocycles. The fourth-order valence-electron chi connectivity index (χ4n) is 4.11. The van der Waals surface area contributed by atoms with Gasteiger partial charge in [-0.25, -0.2) is 13.2 Å². The summed E-state index contributed by atoms with van der Waals surface area (Å²) in [6.07, 6.45) is 5.08. The van der Waals surface area contributed by atoms with Crippen molar-refractivity contribution in [1.29, 1.82) is 0 Å². The number of esters is 1. The van der Waals surface area contributed by atoms with Crippen LogP contribution in [-0.4, -0.2) is 33.2 Å². The van der Waals surface area contributed by atoms with Crippen LogP contribution in [0, 0.1) is 0 Å². The number of ether oxygens (including phenoxy) is 2. The molecule has 0 aliphatic heterocycles. The Bertz CT molecular complexity index is 1370. The summed E-state index contributed by atoms with van der Waals surface area (Å²) in [5, 5.41) is 7.20. The number of sulfonamides is 1. The molecule has 3 aromatic rings. The van der Waals surface area contributed by atoms with E-state index in [0.29, 0.717) is 39.4 Å². The van der Waals surface area contributed by atoms with Crippen LogP contribution >= 0.6 is 23.6 Å². The van der Waals surface area contributed by atoms with E-state index in [0.717, 1.165) is 37.7 Å². The normalized spacial score (nSPS) is 13.1. The minimum absolute atomic E-state index is 0.111. The highest BCUT2D eigenvalue weighted by atomic mass is 32.2. The minimum Gasteiger partial charge on any atom is -0.497 e. The molecule has 0 spiro atoms. The number of methoxy groups -OCH3 is 1. The highest BCUT2D eigenvalue weighted by Gasteiger charge is 2.26. The summed E-state index contributed by atoms with van der Waals surface area (Å²) in [5.41, 5.74) is 2.67. The zero-order valence-corrected chi connectivity index (χ0v) is 23.1. The average Bonchev–Trinajstić information content (AvgIpc) is 3.04. The van der Waals surface area contributed by atoms with E-state index in [-0.39, 0.29) is 10.9 Å². The number of rotatable bonds is 8. The Morgan fingerprint density at radius 1 is 0.973 bits per heavy atom. The SMILES string of the molecule is CCOC(=O)c1c(NC(=S)Nc2ccc(S(=O)(=O)Nc3ccc(OC)cc3)cc2)sc2c1CCCCC2. The Morgan fingerprint density at radius 2 is 1.65 bits per heavy atom. The van der Waals surface area contributed by atoms with Crippen LogP contribution in [0.2, 0.25) is 0 Å². The first-order chi connectivity index (χ1) is 17.8. The van der Waals surface area contributed by atoms with E-state index in [4.69, 9.17) is 21.7 Å². The second-order valence-electron chi connectivity index (χ2n) is 8.43. The smallest absolute Gasteiger partial charge is 0.341 e. The first-order valence-electron chi connectivity index (χ1n) is 12.0. The first-order valence-corrected chi connectivity index (χ1v) is 14.7. The van der Waals surface area contributed by atoms with Gasteiger partial charge in [-0.15, -0.1) is 11.3 Å². The minimum atomic E-state index is -3.77. The number of carbonyl (C=O) groups is 1. The summed E-state index contributed by atoms with van der Waals surface area (Å²) in [4.78, 5) is 14.1. The molecular formula is C26H29N3O5S3. The van der Waals surface area contributed by atoms with Gasteiger partial charge in [-0.2, -0.15) is 0 Å². The second-order valence-corrected chi connectivity index (χ2v) is 11.6. The van der Waals surface area contributed by atoms with Crippen molar-refractivity contribution < 1.29 is 22.7 Å². The average molecular weight is 560 g/mol. The first kappa shape index (κ1) is 26.9. The maximum Gasteiger partial charge on any atom is 0.341 e. The molecule has 37 heavy (non-hydrogen) atoms. The van der Waals surface area contributed by atoms with Crippen molar-refractivity contribution in [2.75, 3.05) is 29.1 Å². The molecule has 0 fully saturated rings. The largest absolute Gasteiger partial charge is 0.497 e. The van der Waals surface area contributed by atoms with E-state index in [1.165, 1.54) is 17.0 Å². The third-order valence-corrected chi connectivity index (χ3v) is 8.70. The quantitative estimate of drug-likeness (QED) is 0.180. The predicted octanol–water partition coefficient (Wildman–Crippen LogP) is 5.81. The van der Waals surface area contributed by atoms with E-state index < -0.39 is 10.0 Å². The number of benzene rings is 2. The molecule has 1 aliphatic carbocycles. The van der Waals surface area contributed by atoms with Crippen molar-refractivity contribution in [3.05, 3.63) is 64.5 Å². The van der Waals surface area contributed by atoms with Crippen molar-refractivity contribution in [2.45, 2.75) is 43.9 Å². The number of carbonyl (C=O) groups excluding carboxylic acids is 1. The van der Waals surface area contributed by atoms with Crippen molar-refractivity contribution in [3.63, 3.8) is 0 Å². The van der Waals surface area contributed by atoms with Gasteiger partial charge in [-0.3, -0.25) is 4.72 Å². The van der Waals surface area contributed by atoms with Crippen LogP contribution in [0.4, 0.5) is 16.4 Å². The number of anilines is 3. The molecule has 0 atom stereocenters. The van der Waals surface area contributed by atoms with Crippen LogP contribution < -0.4 is 20.1 Å². The van der Waals surface area contributed by atoms with E-state index >= 15 is 0 Å². The van der Waals surface area contributed by atoms with Crippen LogP contribution in [0.5, 0.6) is 5.75 Å². The van der Waals surface area contributed by atoms with Gasteiger partial charge in [0.1, 0.15) is 10.8 Å². The molecule has 196 valence electrons. The number of fused-ring (bicyclic) bond motifs is 1. The van der Waals surface area contributed by atoms with Gasteiger partial charge in [0.15, 0.2) is 5.11 Å². The van der Waals surface area contributed by atoms with Gasteiger partial charge >= 0.3 is 5.97 Å². The highest BCUT2D eigenvalue weighted by molar-refractivity contribution is 7.92. The number of thiocarbonyl (C=S) groups is 1. The van der Waals surface area contributed by atoms with Crippen molar-refractivity contribution in [2.24, 2.45) is 0 Å². The molecule has 1 aromatic heterocycles. The van der Waals surface area contributed by atoms with Crippen molar-refractivity contribution >= 4 is 61.0 Å². The monoisotopic (exact) mass is 559 g/mol. The van der Waals surface area contributed by atoms with Gasteiger partial charge in [0.2, 0.25) is 0 Å². The lowest BCUT2D eigenvalue weighted by molar-refractivity contribution is 0.0527. The van der Waals surface area contributed by atoms with Gasteiger partial charge in [-0.1, -0.05) is 6.42 Å². The molecule has 2 aromatic carbocycles. The molecule has 0 saturated carbocycles. The summed E-state index contributed by atoms with van der Waals surface area (Å²) >= 11 is 7.04. The Balaban J connectivity index is 1.45. The molecule has 1 aliphatic rings. The summed E-state index contributed by atoms with van der Waals surface area (Å²) in [6.45, 7) is 2.09. The Kier molecular flexibility index (Phi) is 8.67. The maximum absolute atomic E-state index is 12.8. The fourth-order valence-corrected chi connectivity index (χ4v) is 6.73. The summed E-state index contributed by atoms with van der Waals surface area (Å²) in [7, 11) is -2.22. The molecule has 0 amide bonds. The van der Waals surface area contributed by atoms with Crippen LogP contribution in [-0.2, 0) is 27.6 Å². The fraction of sp³-hybridized carbons (Fsp3) is 0.308. The van der Waals surface area contributed by atoms with Crippen LogP contribution in [0.15, 0.2) is 53.4 Å². The van der Waals surface area contributed by atoms with Gasteiger partial charge in [0.25, 0.3) is 10.0 Å². The van der Waals surface area contributed by atoms with E-state index in [1.54, 1.807) is 61.8 Å². The van der Waals surface area contributed by atoms with Gasteiger partial charge < -0.3 is 20.1 Å². The van der Waals surface area contributed by atoms with E-state index in [1.807, 2.05) is 0 Å². The van der Waals surface area contributed by atoms with Crippen LogP contribution in [0.3, 0.4) is 0 Å². The molecule has 8 nitrogen and oxygen atoms in total. The Morgan fingerprint density at radius 3 is 2.32 bits per heavy atom. The van der Waals surface area contributed by atoms with Gasteiger partial charge in [0.05, 0.1) is 24.2 Å². The number of aryl methyl sites for hydroxylation is 1. The zero-order valence-electron chi connectivity index (χ0n) is 20.6. The number of hydrogen-bond acceptors (Lipinski definition) is 7. The lowest BCUT2D eigenvalue weighted by Crippen LogP contribution is -2.20. The molecule has 0 bridgehead atoms. The van der Waals surface area contributed by atoms with E-state index in [2.05, 4.69) is 15.4 Å². The van der Waals surface area contributed by atoms with Crippen LogP contribution in [0.25, 0.3) is 0 Å². The Hall–Kier alpha value is -3.15. The molecule has 4 rings (SSSR count). The van der Waals surface area contributed by atoms with Gasteiger partial charge in [0, 0.05) is 16.3 Å². The van der Waals surface area contributed by atoms with Crippen molar-refractivity contribution in [3.8, 4) is 5.75 Å². The zero-order chi connectivity index (χ0) is 26.4. The van der Waals surface area contributed by atoms with Crippen LogP contribution in [0.1, 0.15) is 47.0 Å². The summed E-state index contributed by atoms with van der Waals surface area (Å²) in [6, 6.07) is 12.9. The molecule has 0 radical (unpaired) electrons. The highest BCUT2D eigenvalue weighted by Crippen LogP contribution is 2.38. The van der Waals surface area contributed by atoms with Gasteiger partial charge in [-0.05, 0) is 98.9 Å². The summed E-state index contributed by atoms with van der Waals surface area (Å²) in [5.74, 6) is 0.293. The topological polar surface area (TPSA) is 106 Å². The maximum atomic E-state index is 12.8. The van der Waals surface area contributed by atoms with Crippen molar-refractivity contribution in [1.82, 2.24) is 0 Å². The number of thiophene rings is 1. The lowest BCUT2D eigenvalue weighted by Gasteiger charge is -2.13. The second kappa shape index (κ2) is 11.9. The number of nitrogens with one attached hydrogen (secondary N) is 3. The molecule has 3 N–H and O–H groups in total. The molecule has 11 heteroatoms. The molecule has 0 unspecified atom stereocenters. The third-order valence-electron chi connectivity index (χ3n) is 5.89. The summed E-state index contributed by atoms with van der Waals surface area (Å²) < 4.78 is 38.5. The van der Waals surface area contributed by atoms with E-state index in [9.17, 15) is 13.2 Å². The predicted molar refractivity (Wildman–Crippen MR) is 152 cm³/mol. The lowest BCUT2D eigenvalue weighted by atomic mass is 10.1. The standard InChI is InChI=1S/C26H29N3O5S3/c1-3-34-25(30)23-21-7-5-4-6-8-22(21)36-24(23)28-26(35)27-17-11-15-20(16-12-17)37(31,32)29-18-9-13-19(33-2)14-10-18/h9-16,29H,3-8H2,1-2H3,(H2,27,28,35). The Labute approximate surface area is 226 Å². The molecular weight excluding hydrogens is 531 g/mol. The number of hydrogen-bond donors (Lipinski definition) is 3.